The third-order valence-corrected chi connectivity index (χ3v) is 5.60. The molecule has 1 aliphatic rings. The maximum atomic E-state index is 12.6. The second kappa shape index (κ2) is 8.70. The van der Waals surface area contributed by atoms with Crippen LogP contribution in [-0.4, -0.2) is 59.1 Å². The van der Waals surface area contributed by atoms with Gasteiger partial charge in [0, 0.05) is 30.8 Å². The van der Waals surface area contributed by atoms with E-state index in [9.17, 15) is 4.79 Å². The van der Waals surface area contributed by atoms with E-state index in [-0.39, 0.29) is 12.1 Å². The van der Waals surface area contributed by atoms with E-state index in [4.69, 9.17) is 14.6 Å². The van der Waals surface area contributed by atoms with Gasteiger partial charge in [-0.2, -0.15) is 5.10 Å². The van der Waals surface area contributed by atoms with Crippen LogP contribution in [0.1, 0.15) is 23.6 Å². The average Bonchev–Trinajstić information content (AvgIpc) is 3.18. The molecule has 1 aliphatic heterocycles. The predicted octanol–water partition coefficient (Wildman–Crippen LogP) is 2.84. The second-order valence-electron chi connectivity index (χ2n) is 7.59. The minimum Gasteiger partial charge on any atom is -0.493 e. The normalized spacial score (nSPS) is 15.5. The maximum Gasteiger partial charge on any atom is 0.337 e. The lowest BCUT2D eigenvalue weighted by Crippen LogP contribution is -2.41. The fraction of sp³-hybridized carbons (Fsp3) is 0.304. The van der Waals surface area contributed by atoms with Gasteiger partial charge in [-0.25, -0.2) is 14.5 Å². The number of hydrazone groups is 1. The SMILES string of the molecule is CNC(=O)N1N=C(c2ccc(-c3cnnn3C)cc2)c2cc(OC)c(OC)cc2CC1C. The zero-order valence-electron chi connectivity index (χ0n) is 18.8. The van der Waals surface area contributed by atoms with Crippen LogP contribution in [0.15, 0.2) is 47.7 Å². The van der Waals surface area contributed by atoms with Crippen molar-refractivity contribution in [2.45, 2.75) is 19.4 Å². The Bertz CT molecular complexity index is 1170. The number of methoxy groups -OCH3 is 2. The monoisotopic (exact) mass is 434 g/mol. The van der Waals surface area contributed by atoms with E-state index >= 15 is 0 Å². The Hall–Kier alpha value is -3.88. The van der Waals surface area contributed by atoms with Gasteiger partial charge < -0.3 is 14.8 Å². The van der Waals surface area contributed by atoms with Gasteiger partial charge in [-0.05, 0) is 31.0 Å². The first-order valence-electron chi connectivity index (χ1n) is 10.3. The van der Waals surface area contributed by atoms with Crippen molar-refractivity contribution in [3.8, 4) is 22.8 Å². The summed E-state index contributed by atoms with van der Waals surface area (Å²) < 4.78 is 12.8. The average molecular weight is 435 g/mol. The Balaban J connectivity index is 1.87. The smallest absolute Gasteiger partial charge is 0.337 e. The number of benzene rings is 2. The lowest BCUT2D eigenvalue weighted by molar-refractivity contribution is 0.184. The molecule has 4 rings (SSSR count). The lowest BCUT2D eigenvalue weighted by Gasteiger charge is -2.22. The first-order chi connectivity index (χ1) is 15.5. The minimum atomic E-state index is -0.265. The first kappa shape index (κ1) is 21.4. The molecule has 0 saturated heterocycles. The molecule has 1 aromatic heterocycles. The molecule has 2 amide bonds. The summed E-state index contributed by atoms with van der Waals surface area (Å²) in [5, 5.41) is 16.9. The van der Waals surface area contributed by atoms with E-state index in [1.807, 2.05) is 50.4 Å². The van der Waals surface area contributed by atoms with Gasteiger partial charge in [0.15, 0.2) is 11.5 Å². The van der Waals surface area contributed by atoms with Crippen LogP contribution in [0.5, 0.6) is 11.5 Å². The van der Waals surface area contributed by atoms with Gasteiger partial charge in [-0.15, -0.1) is 5.10 Å². The molecule has 0 spiro atoms. The number of rotatable bonds is 4. The van der Waals surface area contributed by atoms with Gasteiger partial charge in [0.25, 0.3) is 0 Å². The number of carbonyl (C=O) groups excluding carboxylic acids is 1. The summed E-state index contributed by atoms with van der Waals surface area (Å²) in [4.78, 5) is 12.6. The first-order valence-corrected chi connectivity index (χ1v) is 10.3. The van der Waals surface area contributed by atoms with Crippen molar-refractivity contribution in [1.82, 2.24) is 25.3 Å². The van der Waals surface area contributed by atoms with Crippen LogP contribution in [0.4, 0.5) is 4.79 Å². The Labute approximate surface area is 186 Å². The molecule has 1 unspecified atom stereocenters. The lowest BCUT2D eigenvalue weighted by atomic mass is 9.93. The number of hydrogen-bond donors (Lipinski definition) is 1. The number of nitrogens with zero attached hydrogens (tertiary/aromatic N) is 5. The predicted molar refractivity (Wildman–Crippen MR) is 121 cm³/mol. The Morgan fingerprint density at radius 2 is 1.75 bits per heavy atom. The number of aryl methyl sites for hydroxylation is 1. The number of ether oxygens (including phenoxy) is 2. The van der Waals surface area contributed by atoms with Crippen molar-refractivity contribution in [1.29, 1.82) is 0 Å². The summed E-state index contributed by atoms with van der Waals surface area (Å²) in [6.45, 7) is 1.97. The number of nitrogens with one attached hydrogen (secondary N) is 1. The van der Waals surface area contributed by atoms with Gasteiger partial charge in [0.1, 0.15) is 0 Å². The number of amides is 2. The molecule has 2 aromatic carbocycles. The Morgan fingerprint density at radius 1 is 1.09 bits per heavy atom. The number of urea groups is 1. The molecule has 0 radical (unpaired) electrons. The Kier molecular flexibility index (Phi) is 5.81. The van der Waals surface area contributed by atoms with Crippen LogP contribution in [-0.2, 0) is 13.5 Å². The van der Waals surface area contributed by atoms with Gasteiger partial charge in [0.2, 0.25) is 0 Å². The third-order valence-electron chi connectivity index (χ3n) is 5.60. The molecule has 9 heteroatoms. The molecule has 0 aliphatic carbocycles. The van der Waals surface area contributed by atoms with E-state index in [1.54, 1.807) is 32.1 Å². The molecule has 32 heavy (non-hydrogen) atoms. The van der Waals surface area contributed by atoms with E-state index in [0.717, 1.165) is 27.9 Å². The molecule has 0 saturated carbocycles. The summed E-state index contributed by atoms with van der Waals surface area (Å²) in [7, 11) is 6.67. The van der Waals surface area contributed by atoms with E-state index in [0.29, 0.717) is 23.6 Å². The Morgan fingerprint density at radius 3 is 2.34 bits per heavy atom. The maximum absolute atomic E-state index is 12.6. The van der Waals surface area contributed by atoms with Crippen LogP contribution in [0.25, 0.3) is 11.3 Å². The quantitative estimate of drug-likeness (QED) is 0.682. The highest BCUT2D eigenvalue weighted by atomic mass is 16.5. The molecule has 3 aromatic rings. The van der Waals surface area contributed by atoms with Gasteiger partial charge >= 0.3 is 6.03 Å². The topological polar surface area (TPSA) is 93.9 Å². The van der Waals surface area contributed by atoms with Gasteiger partial charge in [0.05, 0.1) is 37.9 Å². The zero-order valence-corrected chi connectivity index (χ0v) is 18.8. The number of hydrogen-bond acceptors (Lipinski definition) is 6. The van der Waals surface area contributed by atoms with Crippen molar-refractivity contribution < 1.29 is 14.3 Å². The van der Waals surface area contributed by atoms with Crippen molar-refractivity contribution >= 4 is 11.7 Å². The van der Waals surface area contributed by atoms with Crippen molar-refractivity contribution in [2.24, 2.45) is 12.1 Å². The fourth-order valence-electron chi connectivity index (χ4n) is 3.90. The molecule has 9 nitrogen and oxygen atoms in total. The van der Waals surface area contributed by atoms with Gasteiger partial charge in [-0.1, -0.05) is 29.5 Å². The van der Waals surface area contributed by atoms with Crippen molar-refractivity contribution in [2.75, 3.05) is 21.3 Å². The number of fused-ring (bicyclic) bond motifs is 1. The number of aromatic nitrogens is 3. The van der Waals surface area contributed by atoms with E-state index in [1.165, 1.54) is 5.01 Å². The summed E-state index contributed by atoms with van der Waals surface area (Å²) >= 11 is 0. The summed E-state index contributed by atoms with van der Waals surface area (Å²) in [5.41, 5.74) is 5.38. The molecular formula is C23H26N6O3. The molecule has 2 heterocycles. The summed E-state index contributed by atoms with van der Waals surface area (Å²) in [5.74, 6) is 1.25. The van der Waals surface area contributed by atoms with E-state index in [2.05, 4.69) is 15.6 Å². The van der Waals surface area contributed by atoms with Gasteiger partial charge in [-0.3, -0.25) is 0 Å². The molecule has 0 fully saturated rings. The molecule has 0 bridgehead atoms. The zero-order chi connectivity index (χ0) is 22.8. The fourth-order valence-corrected chi connectivity index (χ4v) is 3.90. The summed E-state index contributed by atoms with van der Waals surface area (Å²) in [6.07, 6.45) is 2.34. The van der Waals surface area contributed by atoms with Crippen LogP contribution in [0.3, 0.4) is 0 Å². The third kappa shape index (κ3) is 3.77. The van der Waals surface area contributed by atoms with Crippen molar-refractivity contribution in [3.63, 3.8) is 0 Å². The van der Waals surface area contributed by atoms with Crippen LogP contribution < -0.4 is 14.8 Å². The van der Waals surface area contributed by atoms with Crippen LogP contribution in [0.2, 0.25) is 0 Å². The standard InChI is InChI=1S/C23H26N6O3/c1-14-10-17-11-20(31-4)21(32-5)12-18(17)22(26-29(14)23(30)24-2)16-8-6-15(7-9-16)19-13-25-27-28(19)3/h6-9,11-14H,10H2,1-5H3,(H,24,30). The summed E-state index contributed by atoms with van der Waals surface area (Å²) in [6, 6.07) is 11.4. The van der Waals surface area contributed by atoms with Crippen LogP contribution in [0, 0.1) is 0 Å². The largest absolute Gasteiger partial charge is 0.493 e. The molecule has 1 N–H and O–H groups in total. The van der Waals surface area contributed by atoms with Crippen molar-refractivity contribution in [3.05, 3.63) is 59.3 Å². The molecule has 166 valence electrons. The minimum absolute atomic E-state index is 0.149. The highest BCUT2D eigenvalue weighted by Gasteiger charge is 2.28. The molecular weight excluding hydrogens is 408 g/mol. The van der Waals surface area contributed by atoms with Crippen LogP contribution >= 0.6 is 0 Å². The molecule has 1 atom stereocenters. The van der Waals surface area contributed by atoms with E-state index < -0.39 is 0 Å². The highest BCUT2D eigenvalue weighted by molar-refractivity contribution is 6.14. The number of carbonyl (C=O) groups is 1. The highest BCUT2D eigenvalue weighted by Crippen LogP contribution is 2.34. The second-order valence-corrected chi connectivity index (χ2v) is 7.59.